The van der Waals surface area contributed by atoms with Crippen LogP contribution in [0, 0.1) is 23.0 Å². The van der Waals surface area contributed by atoms with Gasteiger partial charge in [-0.3, -0.25) is 9.79 Å². The van der Waals surface area contributed by atoms with Crippen LogP contribution < -0.4 is 0 Å². The van der Waals surface area contributed by atoms with Gasteiger partial charge in [0.2, 0.25) is 0 Å². The number of nitrogens with zero attached hydrogens (tertiary/aromatic N) is 4. The molecule has 0 saturated heterocycles. The molecule has 1 aliphatic rings. The molecule has 4 aromatic rings. The largest absolute Gasteiger partial charge is 0.451 e. The molecule has 0 fully saturated rings. The molecule has 0 atom stereocenters. The van der Waals surface area contributed by atoms with Gasteiger partial charge in [-0.2, -0.15) is 18.4 Å². The molecule has 3 aromatic carbocycles. The van der Waals surface area contributed by atoms with Crippen molar-refractivity contribution in [2.75, 3.05) is 19.6 Å². The number of rotatable bonds is 8. The van der Waals surface area contributed by atoms with Gasteiger partial charge < -0.3 is 14.2 Å². The second kappa shape index (κ2) is 12.5. The molecule has 2 heterocycles. The van der Waals surface area contributed by atoms with Gasteiger partial charge in [-0.15, -0.1) is 0 Å². The highest BCUT2D eigenvalue weighted by Gasteiger charge is 2.31. The van der Waals surface area contributed by atoms with Crippen molar-refractivity contribution in [1.29, 1.82) is 5.26 Å². The first kappa shape index (κ1) is 29.5. The molecule has 0 N–H and O–H groups in total. The van der Waals surface area contributed by atoms with Crippen LogP contribution in [0.3, 0.4) is 0 Å². The number of hydrogen-bond acceptors (Lipinski definition) is 5. The van der Waals surface area contributed by atoms with Crippen LogP contribution in [-0.2, 0) is 19.3 Å². The number of amidine groups is 1. The number of alkyl halides is 3. The third-order valence-electron chi connectivity index (χ3n) is 6.99. The number of furan rings is 1. The Morgan fingerprint density at radius 3 is 2.51 bits per heavy atom. The van der Waals surface area contributed by atoms with E-state index in [1.165, 1.54) is 35.2 Å². The highest BCUT2D eigenvalue weighted by Crippen LogP contribution is 2.33. The minimum absolute atomic E-state index is 0.0362. The third kappa shape index (κ3) is 7.09. The maximum absolute atomic E-state index is 14.7. The second-order valence-corrected chi connectivity index (χ2v) is 10.0. The molecule has 0 spiro atoms. The lowest BCUT2D eigenvalue weighted by molar-refractivity contribution is -0.137. The van der Waals surface area contributed by atoms with Gasteiger partial charge in [-0.25, -0.2) is 8.78 Å². The number of benzene rings is 3. The van der Waals surface area contributed by atoms with Gasteiger partial charge in [0.15, 0.2) is 5.76 Å². The van der Waals surface area contributed by atoms with Gasteiger partial charge in [0.25, 0.3) is 5.91 Å². The highest BCUT2D eigenvalue weighted by molar-refractivity contribution is 5.96. The molecule has 11 heteroatoms. The van der Waals surface area contributed by atoms with Gasteiger partial charge >= 0.3 is 6.18 Å². The third-order valence-corrected chi connectivity index (χ3v) is 6.99. The Kier molecular flexibility index (Phi) is 8.57. The molecule has 0 unspecified atom stereocenters. The van der Waals surface area contributed by atoms with Gasteiger partial charge in [-0.05, 0) is 54.4 Å². The number of hydrogen-bond donors (Lipinski definition) is 0. The Bertz CT molecular complexity index is 1690. The second-order valence-electron chi connectivity index (χ2n) is 10.0. The Balaban J connectivity index is 1.42. The van der Waals surface area contributed by atoms with Crippen molar-refractivity contribution < 1.29 is 31.2 Å². The first-order valence-electron chi connectivity index (χ1n) is 13.4. The lowest BCUT2D eigenvalue weighted by Gasteiger charge is -2.33. The summed E-state index contributed by atoms with van der Waals surface area (Å²) in [5.74, 6) is -1.78. The van der Waals surface area contributed by atoms with Gasteiger partial charge in [0.05, 0.1) is 23.7 Å². The first-order valence-corrected chi connectivity index (χ1v) is 13.4. The van der Waals surface area contributed by atoms with Gasteiger partial charge in [-0.1, -0.05) is 30.3 Å². The molecule has 0 saturated carbocycles. The molecule has 0 radical (unpaired) electrons. The van der Waals surface area contributed by atoms with Crippen LogP contribution >= 0.6 is 0 Å². The summed E-state index contributed by atoms with van der Waals surface area (Å²) in [5, 5.41) is 9.09. The van der Waals surface area contributed by atoms with Gasteiger partial charge in [0.1, 0.15) is 23.2 Å². The molecule has 1 aliphatic heterocycles. The standard InChI is InChI=1S/C32H25F5N4O2/c33-26-10-9-24(27(34)16-26)19-41(20-30-39-13-2-14-40(30)18-22-7-5-21(17-38)6-8-22)31(42)29-12-11-28(43-29)23-3-1-4-25(15-23)32(35,36)37/h1,3-12,15-16H,2,13-14,18-20H2. The lowest BCUT2D eigenvalue weighted by Crippen LogP contribution is -2.44. The van der Waals surface area contributed by atoms with Gasteiger partial charge in [0, 0.05) is 43.4 Å². The molecule has 1 amide bonds. The van der Waals surface area contributed by atoms with E-state index in [4.69, 9.17) is 9.68 Å². The molecular weight excluding hydrogens is 567 g/mol. The monoisotopic (exact) mass is 592 g/mol. The average Bonchev–Trinajstić information content (AvgIpc) is 3.49. The number of carbonyl (C=O) groups excluding carboxylic acids is 1. The van der Waals surface area contributed by atoms with Crippen LogP contribution in [0.4, 0.5) is 22.0 Å². The predicted molar refractivity (Wildman–Crippen MR) is 149 cm³/mol. The average molecular weight is 593 g/mol. The van der Waals surface area contributed by atoms with E-state index in [0.29, 0.717) is 31.0 Å². The van der Waals surface area contributed by atoms with E-state index in [0.717, 1.165) is 36.2 Å². The van der Waals surface area contributed by atoms with Crippen LogP contribution in [0.2, 0.25) is 0 Å². The molecule has 6 nitrogen and oxygen atoms in total. The Morgan fingerprint density at radius 2 is 1.79 bits per heavy atom. The summed E-state index contributed by atoms with van der Waals surface area (Å²) in [4.78, 5) is 21.7. The van der Waals surface area contributed by atoms with E-state index < -0.39 is 29.3 Å². The minimum Gasteiger partial charge on any atom is -0.451 e. The Labute approximate surface area is 244 Å². The number of halogens is 5. The molecule has 1 aromatic heterocycles. The van der Waals surface area contributed by atoms with E-state index in [1.807, 2.05) is 17.0 Å². The van der Waals surface area contributed by atoms with Crippen molar-refractivity contribution in [2.24, 2.45) is 4.99 Å². The summed E-state index contributed by atoms with van der Waals surface area (Å²) in [5.41, 5.74) is 0.787. The van der Waals surface area contributed by atoms with Crippen molar-refractivity contribution in [3.63, 3.8) is 0 Å². The summed E-state index contributed by atoms with van der Waals surface area (Å²) >= 11 is 0. The fourth-order valence-electron chi connectivity index (χ4n) is 4.76. The number of carbonyl (C=O) groups is 1. The molecule has 0 aliphatic carbocycles. The number of aliphatic imine (C=N–C) groups is 1. The van der Waals surface area contributed by atoms with E-state index in [1.54, 1.807) is 12.1 Å². The minimum atomic E-state index is -4.55. The van der Waals surface area contributed by atoms with Crippen LogP contribution in [0.25, 0.3) is 11.3 Å². The fourth-order valence-corrected chi connectivity index (χ4v) is 4.76. The number of nitriles is 1. The summed E-state index contributed by atoms with van der Waals surface area (Å²) in [7, 11) is 0. The smallest absolute Gasteiger partial charge is 0.416 e. The zero-order valence-electron chi connectivity index (χ0n) is 22.7. The van der Waals surface area contributed by atoms with Crippen molar-refractivity contribution in [1.82, 2.24) is 9.80 Å². The van der Waals surface area contributed by atoms with Crippen LogP contribution in [0.1, 0.15) is 39.2 Å². The molecular formula is C32H25F5N4O2. The summed E-state index contributed by atoms with van der Waals surface area (Å²) in [6.07, 6.45) is -3.78. The molecule has 0 bridgehead atoms. The molecule has 43 heavy (non-hydrogen) atoms. The lowest BCUT2D eigenvalue weighted by atomic mass is 10.1. The Hall–Kier alpha value is -4.98. The van der Waals surface area contributed by atoms with Crippen LogP contribution in [-0.4, -0.2) is 41.2 Å². The molecule has 5 rings (SSSR count). The van der Waals surface area contributed by atoms with Crippen molar-refractivity contribution in [3.05, 3.63) is 119 Å². The van der Waals surface area contributed by atoms with Crippen molar-refractivity contribution >= 4 is 11.7 Å². The molecule has 220 valence electrons. The highest BCUT2D eigenvalue weighted by atomic mass is 19.4. The van der Waals surface area contributed by atoms with Crippen LogP contribution in [0.5, 0.6) is 0 Å². The normalized spacial score (nSPS) is 13.4. The zero-order chi connectivity index (χ0) is 30.6. The summed E-state index contributed by atoms with van der Waals surface area (Å²) < 4.78 is 73.7. The SMILES string of the molecule is N#Cc1ccc(CN2CCCN=C2CN(Cc2ccc(F)cc2F)C(=O)c2ccc(-c3cccc(C(F)(F)F)c3)o2)cc1. The predicted octanol–water partition coefficient (Wildman–Crippen LogP) is 7.06. The maximum Gasteiger partial charge on any atom is 0.416 e. The van der Waals surface area contributed by atoms with E-state index in [2.05, 4.69) is 11.1 Å². The van der Waals surface area contributed by atoms with E-state index >= 15 is 0 Å². The summed E-state index contributed by atoms with van der Waals surface area (Å²) in [6, 6.07) is 19.5. The number of amides is 1. The Morgan fingerprint density at radius 1 is 1.00 bits per heavy atom. The maximum atomic E-state index is 14.7. The quantitative estimate of drug-likeness (QED) is 0.205. The zero-order valence-corrected chi connectivity index (χ0v) is 22.7. The topological polar surface area (TPSA) is 72.8 Å². The first-order chi connectivity index (χ1) is 20.6. The van der Waals surface area contributed by atoms with E-state index in [9.17, 15) is 26.7 Å². The summed E-state index contributed by atoms with van der Waals surface area (Å²) in [6.45, 7) is 1.34. The van der Waals surface area contributed by atoms with Crippen LogP contribution in [0.15, 0.2) is 88.3 Å². The van der Waals surface area contributed by atoms with Crippen molar-refractivity contribution in [3.8, 4) is 17.4 Å². The van der Waals surface area contributed by atoms with Crippen molar-refractivity contribution in [2.45, 2.75) is 25.7 Å². The fraction of sp³-hybridized carbons (Fsp3) is 0.219. The van der Waals surface area contributed by atoms with E-state index in [-0.39, 0.29) is 35.7 Å².